The third-order valence-electron chi connectivity index (χ3n) is 5.07. The topological polar surface area (TPSA) is 36.3 Å². The molecule has 0 saturated carbocycles. The molecule has 0 atom stereocenters. The van der Waals surface area contributed by atoms with Crippen LogP contribution in [0.1, 0.15) is 11.1 Å². The van der Waals surface area contributed by atoms with Crippen molar-refractivity contribution >= 4 is 23.1 Å². The van der Waals surface area contributed by atoms with E-state index in [2.05, 4.69) is 44.5 Å². The second kappa shape index (κ2) is 9.15. The van der Waals surface area contributed by atoms with E-state index in [0.29, 0.717) is 23.0 Å². The molecule has 1 aliphatic heterocycles. The van der Waals surface area contributed by atoms with Crippen molar-refractivity contribution < 1.29 is 4.39 Å². The first-order valence-corrected chi connectivity index (χ1v) is 10.2. The van der Waals surface area contributed by atoms with Crippen molar-refractivity contribution in [1.82, 2.24) is 19.6 Å². The van der Waals surface area contributed by atoms with E-state index in [0.717, 1.165) is 32.7 Å². The average Bonchev–Trinajstić information content (AvgIpc) is 3.18. The zero-order chi connectivity index (χ0) is 20.1. The molecule has 0 bridgehead atoms. The van der Waals surface area contributed by atoms with E-state index in [-0.39, 0.29) is 5.82 Å². The predicted molar refractivity (Wildman–Crippen MR) is 117 cm³/mol. The lowest BCUT2D eigenvalue weighted by atomic mass is 10.2. The van der Waals surface area contributed by atoms with Gasteiger partial charge in [0.1, 0.15) is 5.82 Å². The van der Waals surface area contributed by atoms with Crippen LogP contribution in [0.2, 0.25) is 0 Å². The summed E-state index contributed by atoms with van der Waals surface area (Å²) >= 11 is 5.57. The lowest BCUT2D eigenvalue weighted by Crippen LogP contribution is -2.49. The minimum atomic E-state index is -0.221. The quantitative estimate of drug-likeness (QED) is 0.652. The van der Waals surface area contributed by atoms with Crippen molar-refractivity contribution in [1.29, 1.82) is 0 Å². The molecule has 0 unspecified atom stereocenters. The number of nitrogens with zero attached hydrogens (tertiary/aromatic N) is 4. The molecule has 1 N–H and O–H groups in total. The Bertz CT molecular complexity index is 951. The molecule has 2 aromatic carbocycles. The zero-order valence-corrected chi connectivity index (χ0v) is 17.0. The highest BCUT2D eigenvalue weighted by atomic mass is 32.1. The van der Waals surface area contributed by atoms with Gasteiger partial charge in [-0.25, -0.2) is 4.39 Å². The van der Waals surface area contributed by atoms with Crippen LogP contribution in [-0.4, -0.2) is 50.9 Å². The van der Waals surface area contributed by atoms with Gasteiger partial charge < -0.3 is 10.2 Å². The van der Waals surface area contributed by atoms with E-state index < -0.39 is 0 Å². The summed E-state index contributed by atoms with van der Waals surface area (Å²) in [7, 11) is 0. The average molecular weight is 410 g/mol. The van der Waals surface area contributed by atoms with Crippen molar-refractivity contribution in [2.45, 2.75) is 13.1 Å². The molecular formula is C22H24FN5S. The monoisotopic (exact) mass is 409 g/mol. The molecule has 7 heteroatoms. The largest absolute Gasteiger partial charge is 0.346 e. The number of anilines is 1. The fourth-order valence-electron chi connectivity index (χ4n) is 3.46. The molecule has 1 fully saturated rings. The Morgan fingerprint density at radius 1 is 0.931 bits per heavy atom. The minimum Gasteiger partial charge on any atom is -0.346 e. The van der Waals surface area contributed by atoms with E-state index >= 15 is 0 Å². The van der Waals surface area contributed by atoms with Crippen molar-refractivity contribution in [3.05, 3.63) is 83.8 Å². The van der Waals surface area contributed by atoms with Gasteiger partial charge in [-0.3, -0.25) is 9.58 Å². The van der Waals surface area contributed by atoms with Gasteiger partial charge in [0.2, 0.25) is 0 Å². The molecule has 4 rings (SSSR count). The Morgan fingerprint density at radius 3 is 2.41 bits per heavy atom. The Balaban J connectivity index is 1.27. The number of aromatic nitrogens is 2. The smallest absolute Gasteiger partial charge is 0.174 e. The molecule has 5 nitrogen and oxygen atoms in total. The highest BCUT2D eigenvalue weighted by Gasteiger charge is 2.19. The van der Waals surface area contributed by atoms with E-state index in [9.17, 15) is 4.39 Å². The van der Waals surface area contributed by atoms with Gasteiger partial charge >= 0.3 is 0 Å². The molecule has 150 valence electrons. The number of hydrogen-bond donors (Lipinski definition) is 1. The maximum absolute atomic E-state index is 13.8. The van der Waals surface area contributed by atoms with Gasteiger partial charge in [0.05, 0.1) is 6.54 Å². The number of thiocarbonyl (C=S) groups is 1. The molecule has 1 aliphatic rings. The fourth-order valence-corrected chi connectivity index (χ4v) is 3.74. The van der Waals surface area contributed by atoms with Gasteiger partial charge in [-0.15, -0.1) is 0 Å². The molecule has 1 aromatic heterocycles. The van der Waals surface area contributed by atoms with Crippen molar-refractivity contribution in [2.75, 3.05) is 31.5 Å². The van der Waals surface area contributed by atoms with Crippen molar-refractivity contribution in [3.8, 4) is 0 Å². The first-order valence-electron chi connectivity index (χ1n) is 9.76. The van der Waals surface area contributed by atoms with Crippen LogP contribution in [-0.2, 0) is 13.1 Å². The highest BCUT2D eigenvalue weighted by Crippen LogP contribution is 2.12. The molecule has 3 aromatic rings. The number of benzene rings is 2. The van der Waals surface area contributed by atoms with Crippen LogP contribution < -0.4 is 5.32 Å². The summed E-state index contributed by atoms with van der Waals surface area (Å²) in [6.07, 6.45) is 1.83. The molecule has 0 amide bonds. The Hall–Kier alpha value is -2.77. The first-order chi connectivity index (χ1) is 14.2. The number of rotatable bonds is 5. The molecule has 0 radical (unpaired) electrons. The lowest BCUT2D eigenvalue weighted by Gasteiger charge is -2.36. The Labute approximate surface area is 175 Å². The zero-order valence-electron chi connectivity index (χ0n) is 16.2. The Morgan fingerprint density at radius 2 is 1.66 bits per heavy atom. The van der Waals surface area contributed by atoms with Gasteiger partial charge in [-0.2, -0.15) is 5.10 Å². The number of piperazine rings is 1. The summed E-state index contributed by atoms with van der Waals surface area (Å²) in [6, 6.07) is 19.1. The second-order valence-electron chi connectivity index (χ2n) is 7.17. The highest BCUT2D eigenvalue weighted by molar-refractivity contribution is 7.80. The minimum absolute atomic E-state index is 0.221. The van der Waals surface area contributed by atoms with Crippen LogP contribution in [0.15, 0.2) is 66.9 Å². The van der Waals surface area contributed by atoms with Crippen molar-refractivity contribution in [2.24, 2.45) is 0 Å². The molecular weight excluding hydrogens is 385 g/mol. The van der Waals surface area contributed by atoms with Crippen LogP contribution in [0.4, 0.5) is 10.2 Å². The van der Waals surface area contributed by atoms with Crippen LogP contribution in [0.5, 0.6) is 0 Å². The summed E-state index contributed by atoms with van der Waals surface area (Å²) < 4.78 is 15.5. The van der Waals surface area contributed by atoms with Crippen LogP contribution >= 0.6 is 12.2 Å². The van der Waals surface area contributed by atoms with Gasteiger partial charge in [0.25, 0.3) is 0 Å². The normalized spacial score (nSPS) is 14.7. The summed E-state index contributed by atoms with van der Waals surface area (Å²) in [5, 5.41) is 8.36. The third-order valence-corrected chi connectivity index (χ3v) is 5.43. The standard InChI is InChI=1S/C22H24FN5S/c23-20-9-5-4-8-19(20)17-28-11-10-21(25-28)24-22(29)27-14-12-26(13-15-27)16-18-6-2-1-3-7-18/h1-11H,12-17H2,(H,24,25,29). The summed E-state index contributed by atoms with van der Waals surface area (Å²) in [5.41, 5.74) is 1.95. The maximum Gasteiger partial charge on any atom is 0.174 e. The SMILES string of the molecule is Fc1ccccc1Cn1ccc(NC(=S)N2CCN(Cc3ccccc3)CC2)n1. The summed E-state index contributed by atoms with van der Waals surface area (Å²) in [5.74, 6) is 0.458. The summed E-state index contributed by atoms with van der Waals surface area (Å²) in [6.45, 7) is 5.06. The van der Waals surface area contributed by atoms with E-state index in [1.54, 1.807) is 16.8 Å². The predicted octanol–water partition coefficient (Wildman–Crippen LogP) is 3.59. The van der Waals surface area contributed by atoms with Crippen molar-refractivity contribution in [3.63, 3.8) is 0 Å². The fraction of sp³-hybridized carbons (Fsp3) is 0.273. The Kier molecular flexibility index (Phi) is 6.17. The lowest BCUT2D eigenvalue weighted by molar-refractivity contribution is 0.177. The molecule has 1 saturated heterocycles. The van der Waals surface area contributed by atoms with Gasteiger partial charge in [0.15, 0.2) is 10.9 Å². The third kappa shape index (κ3) is 5.19. The maximum atomic E-state index is 13.8. The molecule has 0 aliphatic carbocycles. The molecule has 0 spiro atoms. The number of hydrogen-bond acceptors (Lipinski definition) is 3. The van der Waals surface area contributed by atoms with E-state index in [4.69, 9.17) is 12.2 Å². The second-order valence-corrected chi connectivity index (χ2v) is 7.56. The molecule has 2 heterocycles. The number of nitrogens with one attached hydrogen (secondary N) is 1. The first kappa shape index (κ1) is 19.5. The number of halogens is 1. The van der Waals surface area contributed by atoms with Gasteiger partial charge in [-0.05, 0) is 23.8 Å². The van der Waals surface area contributed by atoms with Gasteiger partial charge in [0, 0.05) is 50.6 Å². The summed E-state index contributed by atoms with van der Waals surface area (Å²) in [4.78, 5) is 4.62. The van der Waals surface area contributed by atoms with Crippen LogP contribution in [0, 0.1) is 5.82 Å². The molecule has 29 heavy (non-hydrogen) atoms. The van der Waals surface area contributed by atoms with E-state index in [1.165, 1.54) is 11.6 Å². The van der Waals surface area contributed by atoms with Crippen LogP contribution in [0.25, 0.3) is 0 Å². The van der Waals surface area contributed by atoms with Crippen LogP contribution in [0.3, 0.4) is 0 Å². The van der Waals surface area contributed by atoms with E-state index in [1.807, 2.05) is 24.4 Å². The van der Waals surface area contributed by atoms with Gasteiger partial charge in [-0.1, -0.05) is 48.5 Å².